The Morgan fingerprint density at radius 2 is 2.58 bits per heavy atom. The van der Waals surface area contributed by atoms with Crippen molar-refractivity contribution in [2.45, 2.75) is 18.5 Å². The minimum atomic E-state index is -0.998. The van der Waals surface area contributed by atoms with Gasteiger partial charge >= 0.3 is 5.97 Å². The molecule has 0 fully saturated rings. The predicted octanol–water partition coefficient (Wildman–Crippen LogP) is -1.93. The lowest BCUT2D eigenvalue weighted by molar-refractivity contribution is -0.138. The standard InChI is InChI=1S/C6H12N4O2/c7-4(5(11)12)1-3-2-9-6(8)10-3/h3-4H,1-2,7H2,(H,11,12)(H3,8,9,10)/t3-,4-/m1/s1. The smallest absolute Gasteiger partial charge is 0.320 e. The molecule has 0 unspecified atom stereocenters. The molecule has 6 nitrogen and oxygen atoms in total. The van der Waals surface area contributed by atoms with Gasteiger partial charge in [-0.2, -0.15) is 0 Å². The largest absolute Gasteiger partial charge is 0.480 e. The molecule has 1 rings (SSSR count). The van der Waals surface area contributed by atoms with Crippen LogP contribution < -0.4 is 16.8 Å². The van der Waals surface area contributed by atoms with E-state index in [0.29, 0.717) is 18.9 Å². The van der Waals surface area contributed by atoms with Crippen molar-refractivity contribution in [3.63, 3.8) is 0 Å². The van der Waals surface area contributed by atoms with Gasteiger partial charge in [0.2, 0.25) is 0 Å². The van der Waals surface area contributed by atoms with E-state index in [1.54, 1.807) is 0 Å². The van der Waals surface area contributed by atoms with Gasteiger partial charge in [0.15, 0.2) is 5.96 Å². The lowest BCUT2D eigenvalue weighted by Gasteiger charge is -2.12. The number of guanidine groups is 1. The van der Waals surface area contributed by atoms with Crippen molar-refractivity contribution in [3.8, 4) is 0 Å². The van der Waals surface area contributed by atoms with Crippen molar-refractivity contribution in [2.24, 2.45) is 16.5 Å². The first-order valence-electron chi connectivity index (χ1n) is 3.64. The zero-order chi connectivity index (χ0) is 9.14. The molecule has 0 aromatic carbocycles. The number of rotatable bonds is 3. The van der Waals surface area contributed by atoms with Gasteiger partial charge in [0.1, 0.15) is 6.04 Å². The average Bonchev–Trinajstić information content (AvgIpc) is 2.35. The van der Waals surface area contributed by atoms with E-state index in [9.17, 15) is 4.79 Å². The monoisotopic (exact) mass is 172 g/mol. The Bertz CT molecular complexity index is 216. The third kappa shape index (κ3) is 2.09. The Labute approximate surface area is 69.6 Å². The molecule has 68 valence electrons. The summed E-state index contributed by atoms with van der Waals surface area (Å²) >= 11 is 0. The molecular formula is C6H12N4O2. The van der Waals surface area contributed by atoms with Crippen LogP contribution in [0.2, 0.25) is 0 Å². The summed E-state index contributed by atoms with van der Waals surface area (Å²) in [6, 6.07) is -0.875. The summed E-state index contributed by atoms with van der Waals surface area (Å²) in [6.45, 7) is 0.507. The Hall–Kier alpha value is -1.30. The van der Waals surface area contributed by atoms with Gasteiger partial charge in [0.25, 0.3) is 0 Å². The Balaban J connectivity index is 2.30. The topological polar surface area (TPSA) is 114 Å². The summed E-state index contributed by atoms with van der Waals surface area (Å²) in [5.74, 6) is -0.639. The summed E-state index contributed by atoms with van der Waals surface area (Å²) < 4.78 is 0. The van der Waals surface area contributed by atoms with Crippen molar-refractivity contribution < 1.29 is 9.90 Å². The third-order valence-electron chi connectivity index (χ3n) is 1.69. The van der Waals surface area contributed by atoms with E-state index >= 15 is 0 Å². The van der Waals surface area contributed by atoms with E-state index in [1.807, 2.05) is 0 Å². The molecule has 1 aliphatic rings. The first-order chi connectivity index (χ1) is 5.59. The molecule has 0 aliphatic carbocycles. The van der Waals surface area contributed by atoms with Crippen LogP contribution in [0.5, 0.6) is 0 Å². The lowest BCUT2D eigenvalue weighted by atomic mass is 10.1. The van der Waals surface area contributed by atoms with E-state index in [2.05, 4.69) is 10.3 Å². The molecule has 6 N–H and O–H groups in total. The zero-order valence-electron chi connectivity index (χ0n) is 6.53. The molecule has 0 radical (unpaired) electrons. The van der Waals surface area contributed by atoms with Gasteiger partial charge in [-0.15, -0.1) is 0 Å². The summed E-state index contributed by atoms with van der Waals surface area (Å²) in [5.41, 5.74) is 10.6. The summed E-state index contributed by atoms with van der Waals surface area (Å²) in [7, 11) is 0. The van der Waals surface area contributed by atoms with E-state index in [0.717, 1.165) is 0 Å². The molecule has 0 aromatic rings. The molecule has 0 amide bonds. The molecule has 0 aromatic heterocycles. The van der Waals surface area contributed by atoms with Crippen LogP contribution in [-0.2, 0) is 4.79 Å². The average molecular weight is 172 g/mol. The molecule has 1 heterocycles. The van der Waals surface area contributed by atoms with Crippen molar-refractivity contribution in [1.82, 2.24) is 5.32 Å². The van der Waals surface area contributed by atoms with Gasteiger partial charge in [0.05, 0.1) is 12.6 Å². The highest BCUT2D eigenvalue weighted by Crippen LogP contribution is 2.01. The fraction of sp³-hybridized carbons (Fsp3) is 0.667. The lowest BCUT2D eigenvalue weighted by Crippen LogP contribution is -2.41. The molecule has 2 atom stereocenters. The number of aliphatic carboxylic acids is 1. The molecule has 0 bridgehead atoms. The second-order valence-corrected chi connectivity index (χ2v) is 2.75. The summed E-state index contributed by atoms with van der Waals surface area (Å²) in [6.07, 6.45) is 0.347. The Kier molecular flexibility index (Phi) is 2.49. The minimum Gasteiger partial charge on any atom is -0.480 e. The van der Waals surface area contributed by atoms with Crippen LogP contribution in [0.1, 0.15) is 6.42 Å². The van der Waals surface area contributed by atoms with Gasteiger partial charge in [-0.3, -0.25) is 9.79 Å². The maximum Gasteiger partial charge on any atom is 0.320 e. The number of hydrogen-bond acceptors (Lipinski definition) is 5. The van der Waals surface area contributed by atoms with Crippen LogP contribution in [0.3, 0.4) is 0 Å². The van der Waals surface area contributed by atoms with Gasteiger partial charge in [-0.1, -0.05) is 0 Å². The van der Waals surface area contributed by atoms with Crippen LogP contribution >= 0.6 is 0 Å². The number of hydrogen-bond donors (Lipinski definition) is 4. The summed E-state index contributed by atoms with van der Waals surface area (Å²) in [5, 5.41) is 11.3. The molecule has 0 saturated heterocycles. The SMILES string of the molecule is NC1=NC[C@@H](C[C@@H](N)C(=O)O)N1. The van der Waals surface area contributed by atoms with Gasteiger partial charge in [0, 0.05) is 0 Å². The van der Waals surface area contributed by atoms with Crippen molar-refractivity contribution in [2.75, 3.05) is 6.54 Å². The first-order valence-corrected chi connectivity index (χ1v) is 3.64. The number of carboxylic acid groups (broad SMARTS) is 1. The number of nitrogens with zero attached hydrogens (tertiary/aromatic N) is 1. The third-order valence-corrected chi connectivity index (χ3v) is 1.69. The highest BCUT2D eigenvalue weighted by molar-refractivity contribution is 5.80. The van der Waals surface area contributed by atoms with E-state index < -0.39 is 12.0 Å². The number of aliphatic imine (C=N–C) groups is 1. The Morgan fingerprint density at radius 1 is 1.92 bits per heavy atom. The number of nitrogens with one attached hydrogen (secondary N) is 1. The fourth-order valence-corrected chi connectivity index (χ4v) is 1.05. The second-order valence-electron chi connectivity index (χ2n) is 2.75. The zero-order valence-corrected chi connectivity index (χ0v) is 6.53. The number of carbonyl (C=O) groups is 1. The highest BCUT2D eigenvalue weighted by Gasteiger charge is 2.21. The predicted molar refractivity (Wildman–Crippen MR) is 43.6 cm³/mol. The minimum absolute atomic E-state index is 0.0314. The molecular weight excluding hydrogens is 160 g/mol. The van der Waals surface area contributed by atoms with Gasteiger partial charge in [-0.25, -0.2) is 0 Å². The van der Waals surface area contributed by atoms with Crippen LogP contribution in [0.4, 0.5) is 0 Å². The normalized spacial score (nSPS) is 24.4. The quantitative estimate of drug-likeness (QED) is 0.396. The van der Waals surface area contributed by atoms with Crippen LogP contribution in [0, 0.1) is 0 Å². The number of nitrogens with two attached hydrogens (primary N) is 2. The van der Waals surface area contributed by atoms with E-state index in [-0.39, 0.29) is 6.04 Å². The number of carboxylic acids is 1. The van der Waals surface area contributed by atoms with Crippen molar-refractivity contribution >= 4 is 11.9 Å². The maximum absolute atomic E-state index is 10.3. The Morgan fingerprint density at radius 3 is 3.00 bits per heavy atom. The van der Waals surface area contributed by atoms with Gasteiger partial charge in [-0.05, 0) is 6.42 Å². The fourth-order valence-electron chi connectivity index (χ4n) is 1.05. The van der Waals surface area contributed by atoms with Crippen LogP contribution in [0.25, 0.3) is 0 Å². The van der Waals surface area contributed by atoms with Crippen molar-refractivity contribution in [1.29, 1.82) is 0 Å². The van der Waals surface area contributed by atoms with E-state index in [4.69, 9.17) is 16.6 Å². The van der Waals surface area contributed by atoms with Crippen LogP contribution in [-0.4, -0.2) is 35.7 Å². The summed E-state index contributed by atoms with van der Waals surface area (Å²) in [4.78, 5) is 14.2. The molecule has 6 heteroatoms. The van der Waals surface area contributed by atoms with Crippen molar-refractivity contribution in [3.05, 3.63) is 0 Å². The second kappa shape index (κ2) is 3.40. The van der Waals surface area contributed by atoms with Gasteiger partial charge < -0.3 is 21.9 Å². The maximum atomic E-state index is 10.3. The molecule has 1 aliphatic heterocycles. The molecule has 12 heavy (non-hydrogen) atoms. The first kappa shape index (κ1) is 8.79. The van der Waals surface area contributed by atoms with Crippen LogP contribution in [0.15, 0.2) is 4.99 Å². The highest BCUT2D eigenvalue weighted by atomic mass is 16.4. The van der Waals surface area contributed by atoms with E-state index in [1.165, 1.54) is 0 Å². The molecule has 0 saturated carbocycles. The molecule has 0 spiro atoms.